The molecule has 2 aromatic heterocycles. The van der Waals surface area contributed by atoms with Crippen molar-refractivity contribution in [2.24, 2.45) is 7.05 Å². The summed E-state index contributed by atoms with van der Waals surface area (Å²) in [6.07, 6.45) is 6.28. The number of nitrogen functional groups attached to an aromatic ring is 1. The van der Waals surface area contributed by atoms with Crippen molar-refractivity contribution in [1.29, 1.82) is 0 Å². The molecule has 3 aromatic rings. The zero-order valence-corrected chi connectivity index (χ0v) is 16.8. The molecule has 150 valence electrons. The van der Waals surface area contributed by atoms with Gasteiger partial charge in [0.15, 0.2) is 0 Å². The van der Waals surface area contributed by atoms with E-state index in [1.807, 2.05) is 37.3 Å². The first kappa shape index (κ1) is 19.1. The molecule has 0 unspecified atom stereocenters. The smallest absolute Gasteiger partial charge is 0.257 e. The van der Waals surface area contributed by atoms with Crippen molar-refractivity contribution >= 4 is 11.7 Å². The molecule has 0 aliphatic carbocycles. The molecule has 1 amide bonds. The highest BCUT2D eigenvalue weighted by Crippen LogP contribution is 2.24. The van der Waals surface area contributed by atoms with E-state index >= 15 is 0 Å². The van der Waals surface area contributed by atoms with Crippen LogP contribution in [0, 0.1) is 0 Å². The summed E-state index contributed by atoms with van der Waals surface area (Å²) in [5.74, 6) is 0.168. The van der Waals surface area contributed by atoms with Crippen molar-refractivity contribution in [3.05, 3.63) is 66.1 Å². The van der Waals surface area contributed by atoms with Gasteiger partial charge in [0.05, 0.1) is 11.8 Å². The maximum absolute atomic E-state index is 13.2. The number of nitrogens with zero attached hydrogens (tertiary/aromatic N) is 5. The number of anilines is 1. The Morgan fingerprint density at radius 1 is 1.24 bits per heavy atom. The largest absolute Gasteiger partial charge is 0.383 e. The Hall–Kier alpha value is -3.19. The predicted octanol–water partition coefficient (Wildman–Crippen LogP) is 2.41. The third kappa shape index (κ3) is 4.14. The summed E-state index contributed by atoms with van der Waals surface area (Å²) >= 11 is 0. The molecular formula is C22H26N6O. The Morgan fingerprint density at radius 2 is 2.03 bits per heavy atom. The van der Waals surface area contributed by atoms with Crippen LogP contribution >= 0.6 is 0 Å². The molecule has 4 rings (SSSR count). The van der Waals surface area contributed by atoms with Gasteiger partial charge in [-0.15, -0.1) is 0 Å². The predicted molar refractivity (Wildman–Crippen MR) is 113 cm³/mol. The topological polar surface area (TPSA) is 80.3 Å². The average Bonchev–Trinajstić information content (AvgIpc) is 3.37. The number of rotatable bonds is 5. The first-order chi connectivity index (χ1) is 14.0. The molecule has 1 saturated heterocycles. The molecule has 1 atom stereocenters. The lowest BCUT2D eigenvalue weighted by atomic mass is 10.1. The number of benzene rings is 1. The highest BCUT2D eigenvalue weighted by molar-refractivity contribution is 5.99. The minimum atomic E-state index is -0.0905. The fraction of sp³-hybridized carbons (Fsp3) is 0.318. The Kier molecular flexibility index (Phi) is 5.31. The van der Waals surface area contributed by atoms with Crippen LogP contribution in [0.5, 0.6) is 0 Å². The second kappa shape index (κ2) is 8.05. The van der Waals surface area contributed by atoms with Gasteiger partial charge in [0, 0.05) is 63.3 Å². The van der Waals surface area contributed by atoms with E-state index in [0.717, 1.165) is 37.2 Å². The zero-order chi connectivity index (χ0) is 20.4. The summed E-state index contributed by atoms with van der Waals surface area (Å²) in [5, 5.41) is 4.19. The van der Waals surface area contributed by atoms with E-state index in [9.17, 15) is 4.79 Å². The fourth-order valence-corrected chi connectivity index (χ4v) is 3.84. The van der Waals surface area contributed by atoms with Crippen molar-refractivity contribution in [2.45, 2.75) is 19.0 Å². The molecule has 1 aliphatic heterocycles. The van der Waals surface area contributed by atoms with Crippen LogP contribution < -0.4 is 5.73 Å². The van der Waals surface area contributed by atoms with Gasteiger partial charge in [0.2, 0.25) is 0 Å². The lowest BCUT2D eigenvalue weighted by Crippen LogP contribution is -2.39. The van der Waals surface area contributed by atoms with E-state index in [1.54, 1.807) is 17.1 Å². The lowest BCUT2D eigenvalue weighted by molar-refractivity contribution is 0.0735. The minimum Gasteiger partial charge on any atom is -0.383 e. The number of likely N-dealkylation sites (N-methyl/N-ethyl adjacent to an activating group) is 1. The van der Waals surface area contributed by atoms with Gasteiger partial charge >= 0.3 is 0 Å². The molecule has 0 bridgehead atoms. The van der Waals surface area contributed by atoms with Gasteiger partial charge < -0.3 is 10.6 Å². The molecule has 1 fully saturated rings. The summed E-state index contributed by atoms with van der Waals surface area (Å²) in [5.41, 5.74) is 9.52. The van der Waals surface area contributed by atoms with Crippen LogP contribution in [-0.2, 0) is 13.6 Å². The number of amides is 1. The molecular weight excluding hydrogens is 364 g/mol. The number of carbonyl (C=O) groups is 1. The second-order valence-corrected chi connectivity index (χ2v) is 7.64. The van der Waals surface area contributed by atoms with Crippen LogP contribution in [0.3, 0.4) is 0 Å². The fourth-order valence-electron chi connectivity index (χ4n) is 3.84. The van der Waals surface area contributed by atoms with E-state index in [0.29, 0.717) is 5.56 Å². The van der Waals surface area contributed by atoms with Crippen LogP contribution in [0.4, 0.5) is 5.82 Å². The first-order valence-electron chi connectivity index (χ1n) is 9.79. The Bertz CT molecular complexity index is 1000. The molecule has 3 heterocycles. The standard InChI is InChI=1S/C22H26N6O/c1-26-14-18(12-25-26)17-10-20(21(23)24-11-17)22(29)27(2)19-8-9-28(15-19)13-16-6-4-3-5-7-16/h3-7,10-12,14,19H,8-9,13,15H2,1-2H3,(H2,23,24)/t19-/m1/s1. The maximum Gasteiger partial charge on any atom is 0.257 e. The van der Waals surface area contributed by atoms with Crippen molar-refractivity contribution in [3.8, 4) is 11.1 Å². The third-order valence-corrected chi connectivity index (χ3v) is 5.55. The normalized spacial score (nSPS) is 16.8. The van der Waals surface area contributed by atoms with Crippen molar-refractivity contribution in [1.82, 2.24) is 24.6 Å². The van der Waals surface area contributed by atoms with Gasteiger partial charge in [-0.3, -0.25) is 14.4 Å². The Labute approximate surface area is 170 Å². The first-order valence-corrected chi connectivity index (χ1v) is 9.79. The highest BCUT2D eigenvalue weighted by atomic mass is 16.2. The van der Waals surface area contributed by atoms with Gasteiger partial charge in [-0.25, -0.2) is 4.98 Å². The molecule has 2 N–H and O–H groups in total. The van der Waals surface area contributed by atoms with Gasteiger partial charge in [0.1, 0.15) is 5.82 Å². The van der Waals surface area contributed by atoms with Gasteiger partial charge in [-0.2, -0.15) is 5.10 Å². The number of carbonyl (C=O) groups excluding carboxylic acids is 1. The van der Waals surface area contributed by atoms with Crippen molar-refractivity contribution in [2.75, 3.05) is 25.9 Å². The number of aryl methyl sites for hydroxylation is 1. The average molecular weight is 390 g/mol. The summed E-state index contributed by atoms with van der Waals surface area (Å²) in [4.78, 5) is 21.6. The van der Waals surface area contributed by atoms with Crippen LogP contribution in [-0.4, -0.2) is 56.7 Å². The Balaban J connectivity index is 1.47. The monoisotopic (exact) mass is 390 g/mol. The summed E-state index contributed by atoms with van der Waals surface area (Å²) in [6.45, 7) is 2.73. The maximum atomic E-state index is 13.2. The van der Waals surface area contributed by atoms with Gasteiger partial charge in [-0.05, 0) is 18.1 Å². The van der Waals surface area contributed by atoms with E-state index < -0.39 is 0 Å². The lowest BCUT2D eigenvalue weighted by Gasteiger charge is -2.25. The number of likely N-dealkylation sites (tertiary alicyclic amines) is 1. The van der Waals surface area contributed by atoms with Crippen LogP contribution in [0.2, 0.25) is 0 Å². The van der Waals surface area contributed by atoms with Crippen LogP contribution in [0.15, 0.2) is 55.0 Å². The number of aromatic nitrogens is 3. The molecule has 29 heavy (non-hydrogen) atoms. The Morgan fingerprint density at radius 3 is 2.76 bits per heavy atom. The molecule has 0 radical (unpaired) electrons. The molecule has 7 nitrogen and oxygen atoms in total. The SMILES string of the molecule is CN(C(=O)c1cc(-c2cnn(C)c2)cnc1N)[C@@H]1CCN(Cc2ccccc2)C1. The molecule has 0 spiro atoms. The minimum absolute atomic E-state index is 0.0905. The number of nitrogens with two attached hydrogens (primary N) is 1. The van der Waals surface area contributed by atoms with Gasteiger partial charge in [0.25, 0.3) is 5.91 Å². The summed E-state index contributed by atoms with van der Waals surface area (Å²) < 4.78 is 1.72. The number of pyridine rings is 1. The third-order valence-electron chi connectivity index (χ3n) is 5.55. The highest BCUT2D eigenvalue weighted by Gasteiger charge is 2.30. The van der Waals surface area contributed by atoms with Crippen LogP contribution in [0.25, 0.3) is 11.1 Å². The van der Waals surface area contributed by atoms with Gasteiger partial charge in [-0.1, -0.05) is 30.3 Å². The van der Waals surface area contributed by atoms with Crippen LogP contribution in [0.1, 0.15) is 22.3 Å². The number of hydrogen-bond acceptors (Lipinski definition) is 5. The van der Waals surface area contributed by atoms with E-state index in [1.165, 1.54) is 5.56 Å². The summed E-state index contributed by atoms with van der Waals surface area (Å²) in [6, 6.07) is 12.4. The molecule has 1 aliphatic rings. The quantitative estimate of drug-likeness (QED) is 0.724. The van der Waals surface area contributed by atoms with Crippen molar-refractivity contribution < 1.29 is 4.79 Å². The van der Waals surface area contributed by atoms with E-state index in [4.69, 9.17) is 5.73 Å². The summed E-state index contributed by atoms with van der Waals surface area (Å²) in [7, 11) is 3.71. The van der Waals surface area contributed by atoms with Crippen molar-refractivity contribution in [3.63, 3.8) is 0 Å². The molecule has 0 saturated carbocycles. The molecule has 1 aromatic carbocycles. The molecule has 7 heteroatoms. The van der Waals surface area contributed by atoms with E-state index in [2.05, 4.69) is 39.2 Å². The zero-order valence-electron chi connectivity index (χ0n) is 16.8. The van der Waals surface area contributed by atoms with E-state index in [-0.39, 0.29) is 17.8 Å². The second-order valence-electron chi connectivity index (χ2n) is 7.64. The number of hydrogen-bond donors (Lipinski definition) is 1.